The number of hydrogen-bond acceptors (Lipinski definition) is 2. The zero-order valence-corrected chi connectivity index (χ0v) is 8.76. The number of rotatable bonds is 2. The summed E-state index contributed by atoms with van der Waals surface area (Å²) in [5.74, 6) is 0.367. The van der Waals surface area contributed by atoms with E-state index in [0.717, 1.165) is 19.4 Å². The van der Waals surface area contributed by atoms with E-state index < -0.39 is 0 Å². The first-order chi connectivity index (χ1) is 6.11. The van der Waals surface area contributed by atoms with E-state index in [9.17, 15) is 4.79 Å². The molecule has 0 aliphatic carbocycles. The Kier molecular flexibility index (Phi) is 3.72. The predicted octanol–water partition coefficient (Wildman–Crippen LogP) is 0.899. The Morgan fingerprint density at radius 1 is 1.54 bits per heavy atom. The van der Waals surface area contributed by atoms with E-state index in [4.69, 9.17) is 0 Å². The average molecular weight is 184 g/mol. The van der Waals surface area contributed by atoms with Crippen LogP contribution in [0.15, 0.2) is 0 Å². The van der Waals surface area contributed by atoms with Gasteiger partial charge in [0.1, 0.15) is 0 Å². The molecule has 0 radical (unpaired) electrons. The summed E-state index contributed by atoms with van der Waals surface area (Å²) >= 11 is 0. The lowest BCUT2D eigenvalue weighted by molar-refractivity contribution is -0.127. The maximum atomic E-state index is 11.7. The van der Waals surface area contributed by atoms with Crippen LogP contribution in [0.2, 0.25) is 0 Å². The molecule has 1 aliphatic rings. The number of carbonyl (C=O) groups excluding carboxylic acids is 1. The van der Waals surface area contributed by atoms with Crippen molar-refractivity contribution < 1.29 is 4.79 Å². The van der Waals surface area contributed by atoms with Crippen molar-refractivity contribution in [3.8, 4) is 0 Å². The summed E-state index contributed by atoms with van der Waals surface area (Å²) < 4.78 is 0. The van der Waals surface area contributed by atoms with E-state index in [-0.39, 0.29) is 17.9 Å². The van der Waals surface area contributed by atoms with Gasteiger partial charge in [0.25, 0.3) is 0 Å². The van der Waals surface area contributed by atoms with Crippen LogP contribution >= 0.6 is 0 Å². The molecule has 76 valence electrons. The van der Waals surface area contributed by atoms with Crippen LogP contribution in [0, 0.1) is 5.92 Å². The van der Waals surface area contributed by atoms with E-state index >= 15 is 0 Å². The molecule has 0 bridgehead atoms. The standard InChI is InChI=1S/C10H20N2O/c1-7(2)12-10(13)9-5-4-6-11-8(9)3/h7-9,11H,4-6H2,1-3H3,(H,12,13)/t8-,9+/m1/s1. The molecule has 0 spiro atoms. The number of hydrogen-bond donors (Lipinski definition) is 2. The fraction of sp³-hybridized carbons (Fsp3) is 0.900. The van der Waals surface area contributed by atoms with Crippen molar-refractivity contribution in [2.24, 2.45) is 5.92 Å². The van der Waals surface area contributed by atoms with Gasteiger partial charge in [-0.1, -0.05) is 0 Å². The van der Waals surface area contributed by atoms with E-state index in [1.54, 1.807) is 0 Å². The van der Waals surface area contributed by atoms with Gasteiger partial charge in [-0.3, -0.25) is 4.79 Å². The van der Waals surface area contributed by atoms with Crippen molar-refractivity contribution in [2.45, 2.75) is 45.7 Å². The van der Waals surface area contributed by atoms with Crippen molar-refractivity contribution in [1.29, 1.82) is 0 Å². The normalized spacial score (nSPS) is 28.9. The second kappa shape index (κ2) is 4.61. The molecular weight excluding hydrogens is 164 g/mol. The highest BCUT2D eigenvalue weighted by Crippen LogP contribution is 2.16. The van der Waals surface area contributed by atoms with Crippen molar-refractivity contribution in [1.82, 2.24) is 10.6 Å². The van der Waals surface area contributed by atoms with Gasteiger partial charge in [0.15, 0.2) is 0 Å². The van der Waals surface area contributed by atoms with Crippen LogP contribution in [0.5, 0.6) is 0 Å². The second-order valence-corrected chi connectivity index (χ2v) is 4.15. The topological polar surface area (TPSA) is 41.1 Å². The largest absolute Gasteiger partial charge is 0.354 e. The van der Waals surface area contributed by atoms with E-state index in [2.05, 4.69) is 17.6 Å². The Morgan fingerprint density at radius 2 is 2.23 bits per heavy atom. The number of nitrogens with one attached hydrogen (secondary N) is 2. The van der Waals surface area contributed by atoms with E-state index in [1.165, 1.54) is 0 Å². The second-order valence-electron chi connectivity index (χ2n) is 4.15. The number of amides is 1. The molecule has 0 aromatic carbocycles. The SMILES string of the molecule is CC(C)NC(=O)[C@H]1CCCN[C@@H]1C. The Balaban J connectivity index is 2.44. The quantitative estimate of drug-likeness (QED) is 0.669. The smallest absolute Gasteiger partial charge is 0.224 e. The van der Waals surface area contributed by atoms with Gasteiger partial charge >= 0.3 is 0 Å². The summed E-state index contributed by atoms with van der Waals surface area (Å²) in [5, 5.41) is 6.29. The van der Waals surface area contributed by atoms with Crippen molar-refractivity contribution >= 4 is 5.91 Å². The molecule has 0 saturated carbocycles. The van der Waals surface area contributed by atoms with Gasteiger partial charge < -0.3 is 10.6 Å². The summed E-state index contributed by atoms with van der Waals surface area (Å²) in [6, 6.07) is 0.578. The summed E-state index contributed by atoms with van der Waals surface area (Å²) in [5.41, 5.74) is 0. The van der Waals surface area contributed by atoms with Gasteiger partial charge in [-0.05, 0) is 40.2 Å². The first kappa shape index (κ1) is 10.5. The molecule has 1 saturated heterocycles. The molecule has 13 heavy (non-hydrogen) atoms. The Labute approximate surface area is 80.3 Å². The molecule has 3 nitrogen and oxygen atoms in total. The third-order valence-corrected chi connectivity index (χ3v) is 2.53. The number of piperidine rings is 1. The van der Waals surface area contributed by atoms with Gasteiger partial charge in [-0.2, -0.15) is 0 Å². The molecule has 1 aliphatic heterocycles. The molecule has 1 fully saturated rings. The highest BCUT2D eigenvalue weighted by molar-refractivity contribution is 5.79. The summed E-state index contributed by atoms with van der Waals surface area (Å²) in [7, 11) is 0. The lowest BCUT2D eigenvalue weighted by atomic mass is 9.91. The van der Waals surface area contributed by atoms with Gasteiger partial charge in [-0.15, -0.1) is 0 Å². The van der Waals surface area contributed by atoms with Crippen LogP contribution in [0.25, 0.3) is 0 Å². The molecule has 3 heteroatoms. The molecule has 0 aromatic rings. The highest BCUT2D eigenvalue weighted by atomic mass is 16.2. The maximum Gasteiger partial charge on any atom is 0.224 e. The van der Waals surface area contributed by atoms with Gasteiger partial charge in [0.05, 0.1) is 5.92 Å². The van der Waals surface area contributed by atoms with E-state index in [1.807, 2.05) is 13.8 Å². The van der Waals surface area contributed by atoms with Gasteiger partial charge in [-0.25, -0.2) is 0 Å². The first-order valence-corrected chi connectivity index (χ1v) is 5.15. The van der Waals surface area contributed by atoms with Gasteiger partial charge in [0.2, 0.25) is 5.91 Å². The fourth-order valence-corrected chi connectivity index (χ4v) is 1.79. The minimum atomic E-state index is 0.163. The lowest BCUT2D eigenvalue weighted by Crippen LogP contribution is -2.48. The molecule has 2 N–H and O–H groups in total. The molecule has 1 rings (SSSR count). The lowest BCUT2D eigenvalue weighted by Gasteiger charge is -2.29. The zero-order valence-electron chi connectivity index (χ0n) is 8.76. The third kappa shape index (κ3) is 2.99. The van der Waals surface area contributed by atoms with Crippen molar-refractivity contribution in [2.75, 3.05) is 6.54 Å². The Bertz CT molecular complexity index is 180. The van der Waals surface area contributed by atoms with Crippen LogP contribution in [-0.2, 0) is 4.79 Å². The average Bonchev–Trinajstić information content (AvgIpc) is 2.03. The minimum Gasteiger partial charge on any atom is -0.354 e. The van der Waals surface area contributed by atoms with Gasteiger partial charge in [0, 0.05) is 12.1 Å². The monoisotopic (exact) mass is 184 g/mol. The molecular formula is C10H20N2O. The third-order valence-electron chi connectivity index (χ3n) is 2.53. The minimum absolute atomic E-state index is 0.163. The van der Waals surface area contributed by atoms with Crippen LogP contribution in [-0.4, -0.2) is 24.5 Å². The van der Waals surface area contributed by atoms with Crippen LogP contribution in [0.4, 0.5) is 0 Å². The summed E-state index contributed by atoms with van der Waals surface area (Å²) in [6.45, 7) is 7.13. The molecule has 0 unspecified atom stereocenters. The zero-order chi connectivity index (χ0) is 9.84. The summed E-state index contributed by atoms with van der Waals surface area (Å²) in [4.78, 5) is 11.7. The Morgan fingerprint density at radius 3 is 2.77 bits per heavy atom. The highest BCUT2D eigenvalue weighted by Gasteiger charge is 2.27. The summed E-state index contributed by atoms with van der Waals surface area (Å²) in [6.07, 6.45) is 2.13. The number of carbonyl (C=O) groups is 1. The molecule has 0 aromatic heterocycles. The van der Waals surface area contributed by atoms with Crippen LogP contribution in [0.1, 0.15) is 33.6 Å². The fourth-order valence-electron chi connectivity index (χ4n) is 1.79. The van der Waals surface area contributed by atoms with Crippen molar-refractivity contribution in [3.05, 3.63) is 0 Å². The molecule has 2 atom stereocenters. The van der Waals surface area contributed by atoms with Crippen LogP contribution in [0.3, 0.4) is 0 Å². The van der Waals surface area contributed by atoms with Crippen molar-refractivity contribution in [3.63, 3.8) is 0 Å². The van der Waals surface area contributed by atoms with E-state index in [0.29, 0.717) is 6.04 Å². The predicted molar refractivity (Wildman–Crippen MR) is 53.5 cm³/mol. The first-order valence-electron chi connectivity index (χ1n) is 5.15. The Hall–Kier alpha value is -0.570. The molecule has 1 heterocycles. The molecule has 1 amide bonds. The van der Waals surface area contributed by atoms with Crippen LogP contribution < -0.4 is 10.6 Å². The maximum absolute atomic E-state index is 11.7.